The minimum Gasteiger partial charge on any atom is -0.315 e. The van der Waals surface area contributed by atoms with E-state index in [2.05, 4.69) is 5.32 Å². The Balaban J connectivity index is 2.38. The van der Waals surface area contributed by atoms with Gasteiger partial charge < -0.3 is 5.32 Å². The van der Waals surface area contributed by atoms with Crippen LogP contribution in [0.15, 0.2) is 29.2 Å². The molecule has 16 heavy (non-hydrogen) atoms. The van der Waals surface area contributed by atoms with Crippen LogP contribution in [0.2, 0.25) is 0 Å². The van der Waals surface area contributed by atoms with Crippen molar-refractivity contribution in [1.29, 1.82) is 0 Å². The molecule has 1 aliphatic rings. The maximum Gasteiger partial charge on any atom is 0.182 e. The molecular formula is C11H13NO3S. The minimum absolute atomic E-state index is 0.241. The van der Waals surface area contributed by atoms with Crippen LogP contribution in [0.3, 0.4) is 0 Å². The molecule has 1 unspecified atom stereocenters. The number of carbonyl (C=O) groups is 1. The fourth-order valence-corrected chi connectivity index (χ4v) is 3.57. The number of sulfone groups is 1. The summed E-state index contributed by atoms with van der Waals surface area (Å²) < 4.78 is 24.3. The summed E-state index contributed by atoms with van der Waals surface area (Å²) in [7, 11) is -3.29. The van der Waals surface area contributed by atoms with Crippen molar-refractivity contribution in [2.45, 2.75) is 16.6 Å². The van der Waals surface area contributed by atoms with E-state index in [-0.39, 0.29) is 10.1 Å². The van der Waals surface area contributed by atoms with Crippen LogP contribution in [-0.4, -0.2) is 33.0 Å². The largest absolute Gasteiger partial charge is 0.315 e. The molecule has 1 saturated heterocycles. The Morgan fingerprint density at radius 2 is 2.19 bits per heavy atom. The summed E-state index contributed by atoms with van der Waals surface area (Å²) >= 11 is 0. The van der Waals surface area contributed by atoms with Gasteiger partial charge in [0.15, 0.2) is 9.84 Å². The van der Waals surface area contributed by atoms with Crippen LogP contribution in [0.1, 0.15) is 16.8 Å². The fourth-order valence-electron chi connectivity index (χ4n) is 1.85. The lowest BCUT2D eigenvalue weighted by atomic mass is 10.2. The Morgan fingerprint density at radius 3 is 2.81 bits per heavy atom. The standard InChI is InChI=1S/C11H13NO3S/c13-8-9-2-1-3-10(6-9)16(14,15)11-4-5-12-7-11/h1-3,6,8,11-12H,4-5,7H2. The van der Waals surface area contributed by atoms with E-state index >= 15 is 0 Å². The lowest BCUT2D eigenvalue weighted by Gasteiger charge is -2.10. The summed E-state index contributed by atoms with van der Waals surface area (Å²) in [4.78, 5) is 10.8. The average Bonchev–Trinajstić information content (AvgIpc) is 2.83. The summed E-state index contributed by atoms with van der Waals surface area (Å²) in [5, 5.41) is 2.66. The number of benzene rings is 1. The van der Waals surface area contributed by atoms with Crippen LogP contribution in [0.4, 0.5) is 0 Å². The molecule has 86 valence electrons. The minimum atomic E-state index is -3.29. The monoisotopic (exact) mass is 239 g/mol. The van der Waals surface area contributed by atoms with E-state index in [4.69, 9.17) is 0 Å². The zero-order chi connectivity index (χ0) is 11.6. The summed E-state index contributed by atoms with van der Waals surface area (Å²) in [6.07, 6.45) is 1.29. The van der Waals surface area contributed by atoms with Crippen molar-refractivity contribution >= 4 is 16.1 Å². The Labute approximate surface area is 94.6 Å². The van der Waals surface area contributed by atoms with Crippen LogP contribution in [0.25, 0.3) is 0 Å². The van der Waals surface area contributed by atoms with Gasteiger partial charge in [-0.3, -0.25) is 4.79 Å². The van der Waals surface area contributed by atoms with Gasteiger partial charge in [0.05, 0.1) is 10.1 Å². The van der Waals surface area contributed by atoms with Crippen LogP contribution in [0, 0.1) is 0 Å². The Hall–Kier alpha value is -1.20. The van der Waals surface area contributed by atoms with Gasteiger partial charge in [0, 0.05) is 12.1 Å². The summed E-state index contributed by atoms with van der Waals surface area (Å²) in [6, 6.07) is 6.17. The first-order valence-electron chi connectivity index (χ1n) is 5.14. The molecule has 0 saturated carbocycles. The molecule has 2 rings (SSSR count). The van der Waals surface area contributed by atoms with Gasteiger partial charge in [-0.05, 0) is 25.1 Å². The summed E-state index contributed by atoms with van der Waals surface area (Å²) in [6.45, 7) is 1.23. The third kappa shape index (κ3) is 2.01. The predicted octanol–water partition coefficient (Wildman–Crippen LogP) is 0.635. The normalized spacial score (nSPS) is 20.9. The molecule has 0 radical (unpaired) electrons. The predicted molar refractivity (Wildman–Crippen MR) is 60.3 cm³/mol. The molecule has 5 heteroatoms. The highest BCUT2D eigenvalue weighted by atomic mass is 32.2. The zero-order valence-corrected chi connectivity index (χ0v) is 9.53. The van der Waals surface area contributed by atoms with Crippen molar-refractivity contribution in [3.63, 3.8) is 0 Å². The first kappa shape index (κ1) is 11.3. The highest BCUT2D eigenvalue weighted by Gasteiger charge is 2.30. The fraction of sp³-hybridized carbons (Fsp3) is 0.364. The molecule has 0 amide bonds. The average molecular weight is 239 g/mol. The molecule has 0 spiro atoms. The smallest absolute Gasteiger partial charge is 0.182 e. The second-order valence-electron chi connectivity index (χ2n) is 3.85. The van der Waals surface area contributed by atoms with Crippen molar-refractivity contribution in [1.82, 2.24) is 5.32 Å². The van der Waals surface area contributed by atoms with Gasteiger partial charge in [0.25, 0.3) is 0 Å². The maximum absolute atomic E-state index is 12.1. The maximum atomic E-state index is 12.1. The number of carbonyl (C=O) groups excluding carboxylic acids is 1. The van der Waals surface area contributed by atoms with Crippen molar-refractivity contribution in [3.05, 3.63) is 29.8 Å². The highest BCUT2D eigenvalue weighted by Crippen LogP contribution is 2.20. The van der Waals surface area contributed by atoms with E-state index < -0.39 is 9.84 Å². The lowest BCUT2D eigenvalue weighted by molar-refractivity contribution is 0.112. The van der Waals surface area contributed by atoms with E-state index in [0.29, 0.717) is 24.8 Å². The first-order chi connectivity index (χ1) is 7.64. The molecule has 1 fully saturated rings. The number of hydrogen-bond donors (Lipinski definition) is 1. The highest BCUT2D eigenvalue weighted by molar-refractivity contribution is 7.92. The van der Waals surface area contributed by atoms with E-state index in [1.807, 2.05) is 0 Å². The van der Waals surface area contributed by atoms with Gasteiger partial charge in [0.2, 0.25) is 0 Å². The summed E-state index contributed by atoms with van der Waals surface area (Å²) in [5.41, 5.74) is 0.395. The molecule has 0 aromatic heterocycles. The topological polar surface area (TPSA) is 63.2 Å². The number of aldehydes is 1. The zero-order valence-electron chi connectivity index (χ0n) is 8.72. The molecule has 4 nitrogen and oxygen atoms in total. The quantitative estimate of drug-likeness (QED) is 0.786. The molecule has 0 bridgehead atoms. The van der Waals surface area contributed by atoms with Crippen LogP contribution >= 0.6 is 0 Å². The van der Waals surface area contributed by atoms with Crippen LogP contribution in [0.5, 0.6) is 0 Å². The van der Waals surface area contributed by atoms with Crippen LogP contribution < -0.4 is 5.32 Å². The van der Waals surface area contributed by atoms with E-state index in [1.165, 1.54) is 6.07 Å². The van der Waals surface area contributed by atoms with Gasteiger partial charge in [-0.1, -0.05) is 12.1 Å². The van der Waals surface area contributed by atoms with Crippen LogP contribution in [-0.2, 0) is 9.84 Å². The molecule has 0 aliphatic carbocycles. The summed E-state index contributed by atoms with van der Waals surface area (Å²) in [5.74, 6) is 0. The molecule has 1 aromatic rings. The number of nitrogens with one attached hydrogen (secondary N) is 1. The number of rotatable bonds is 3. The number of hydrogen-bond acceptors (Lipinski definition) is 4. The second-order valence-corrected chi connectivity index (χ2v) is 6.08. The van der Waals surface area contributed by atoms with Crippen molar-refractivity contribution in [2.75, 3.05) is 13.1 Å². The van der Waals surface area contributed by atoms with Gasteiger partial charge in [0.1, 0.15) is 6.29 Å². The molecule has 1 aromatic carbocycles. The molecule has 1 N–H and O–H groups in total. The van der Waals surface area contributed by atoms with Gasteiger partial charge in [-0.25, -0.2) is 8.42 Å². The van der Waals surface area contributed by atoms with Gasteiger partial charge in [-0.2, -0.15) is 0 Å². The van der Waals surface area contributed by atoms with E-state index in [9.17, 15) is 13.2 Å². The third-order valence-electron chi connectivity index (χ3n) is 2.78. The third-order valence-corrected chi connectivity index (χ3v) is 4.97. The molecule has 1 atom stereocenters. The van der Waals surface area contributed by atoms with Gasteiger partial charge in [-0.15, -0.1) is 0 Å². The Kier molecular flexibility index (Phi) is 3.07. The SMILES string of the molecule is O=Cc1cccc(S(=O)(=O)C2CCNC2)c1. The van der Waals surface area contributed by atoms with E-state index in [1.54, 1.807) is 18.2 Å². The van der Waals surface area contributed by atoms with E-state index in [0.717, 1.165) is 6.54 Å². The van der Waals surface area contributed by atoms with Gasteiger partial charge >= 0.3 is 0 Å². The first-order valence-corrected chi connectivity index (χ1v) is 6.69. The van der Waals surface area contributed by atoms with Crippen molar-refractivity contribution in [3.8, 4) is 0 Å². The lowest BCUT2D eigenvalue weighted by Crippen LogP contribution is -2.24. The molecule has 1 aliphatic heterocycles. The second kappa shape index (κ2) is 4.35. The van der Waals surface area contributed by atoms with Crippen molar-refractivity contribution in [2.24, 2.45) is 0 Å². The Morgan fingerprint density at radius 1 is 1.38 bits per heavy atom. The molecular weight excluding hydrogens is 226 g/mol. The Bertz CT molecular complexity index is 490. The van der Waals surface area contributed by atoms with Crippen molar-refractivity contribution < 1.29 is 13.2 Å². The molecule has 1 heterocycles.